The first kappa shape index (κ1) is 21.0. The molecule has 2 N–H and O–H groups in total. The van der Waals surface area contributed by atoms with Crippen LogP contribution in [0.1, 0.15) is 12.0 Å². The summed E-state index contributed by atoms with van der Waals surface area (Å²) in [6.07, 6.45) is 0.504. The highest BCUT2D eigenvalue weighted by molar-refractivity contribution is 8.01. The molecule has 0 bridgehead atoms. The molecule has 0 saturated carbocycles. The van der Waals surface area contributed by atoms with Crippen molar-refractivity contribution in [1.82, 2.24) is 5.32 Å². The third kappa shape index (κ3) is 5.49. The molecule has 9 heteroatoms. The zero-order valence-electron chi connectivity index (χ0n) is 16.7. The van der Waals surface area contributed by atoms with Gasteiger partial charge in [0, 0.05) is 11.4 Å². The van der Waals surface area contributed by atoms with Gasteiger partial charge in [-0.15, -0.1) is 11.8 Å². The molecule has 162 valence electrons. The van der Waals surface area contributed by atoms with Crippen molar-refractivity contribution in [2.75, 3.05) is 31.7 Å². The molecule has 0 spiro atoms. The normalized spacial score (nSPS) is 16.6. The van der Waals surface area contributed by atoms with E-state index in [1.807, 2.05) is 42.5 Å². The Kier molecular flexibility index (Phi) is 6.61. The van der Waals surface area contributed by atoms with Crippen LogP contribution in [0.2, 0.25) is 0 Å². The molecule has 4 rings (SSSR count). The molecule has 0 saturated heterocycles. The maximum atomic E-state index is 12.2. The van der Waals surface area contributed by atoms with E-state index >= 15 is 0 Å². The highest BCUT2D eigenvalue weighted by Gasteiger charge is 2.29. The second kappa shape index (κ2) is 9.74. The second-order valence-electron chi connectivity index (χ2n) is 7.03. The number of thioether (sulfide) groups is 1. The fraction of sp³-hybridized carbons (Fsp3) is 0.318. The average Bonchev–Trinajstić information content (AvgIpc) is 2.78. The fourth-order valence-corrected chi connectivity index (χ4v) is 4.32. The molecule has 0 unspecified atom stereocenters. The molecule has 2 aromatic carbocycles. The van der Waals surface area contributed by atoms with Crippen molar-refractivity contribution in [2.45, 2.75) is 23.0 Å². The summed E-state index contributed by atoms with van der Waals surface area (Å²) in [6.45, 7) is 1.08. The summed E-state index contributed by atoms with van der Waals surface area (Å²) in [4.78, 5) is 37.1. The lowest BCUT2D eigenvalue weighted by molar-refractivity contribution is -0.149. The quantitative estimate of drug-likeness (QED) is 0.634. The van der Waals surface area contributed by atoms with Crippen LogP contribution >= 0.6 is 11.8 Å². The van der Waals surface area contributed by atoms with E-state index in [4.69, 9.17) is 14.2 Å². The molecule has 1 atom stereocenters. The van der Waals surface area contributed by atoms with E-state index in [1.165, 1.54) is 11.8 Å². The van der Waals surface area contributed by atoms with Crippen molar-refractivity contribution in [3.8, 4) is 11.5 Å². The van der Waals surface area contributed by atoms with Gasteiger partial charge < -0.3 is 24.8 Å². The standard InChI is InChI=1S/C22H22N2O6S/c25-20(23-8-7-14-5-6-16-17(11-14)29-10-9-28-16)13-30-21(26)12-19-22(27)24-15-3-1-2-4-18(15)31-19/h1-6,11,19H,7-10,12-13H2,(H,23,25)(H,24,27)/t19-/m0/s1. The van der Waals surface area contributed by atoms with Gasteiger partial charge in [0.2, 0.25) is 5.91 Å². The van der Waals surface area contributed by atoms with E-state index in [9.17, 15) is 14.4 Å². The smallest absolute Gasteiger partial charge is 0.307 e. The number of rotatable bonds is 7. The maximum absolute atomic E-state index is 12.2. The number of amides is 2. The molecular formula is C22H22N2O6S. The summed E-state index contributed by atoms with van der Waals surface area (Å²) in [7, 11) is 0. The second-order valence-corrected chi connectivity index (χ2v) is 8.28. The molecule has 0 aromatic heterocycles. The van der Waals surface area contributed by atoms with Crippen LogP contribution in [0, 0.1) is 0 Å². The highest BCUT2D eigenvalue weighted by Crippen LogP contribution is 2.36. The Hall–Kier alpha value is -3.20. The first-order valence-electron chi connectivity index (χ1n) is 9.96. The summed E-state index contributed by atoms with van der Waals surface area (Å²) >= 11 is 1.32. The number of hydrogen-bond donors (Lipinski definition) is 2. The number of para-hydroxylation sites is 1. The summed E-state index contributed by atoms with van der Waals surface area (Å²) in [5.41, 5.74) is 1.74. The number of carbonyl (C=O) groups is 3. The topological polar surface area (TPSA) is 103 Å². The molecule has 2 aromatic rings. The number of fused-ring (bicyclic) bond motifs is 2. The van der Waals surface area contributed by atoms with Crippen molar-refractivity contribution in [3.05, 3.63) is 48.0 Å². The van der Waals surface area contributed by atoms with Gasteiger partial charge in [-0.05, 0) is 36.2 Å². The third-order valence-corrected chi connectivity index (χ3v) is 6.04. The average molecular weight is 442 g/mol. The molecular weight excluding hydrogens is 420 g/mol. The SMILES string of the molecule is O=C(COC(=O)C[C@@H]1Sc2ccccc2NC1=O)NCCc1ccc2c(c1)OCCO2. The van der Waals surface area contributed by atoms with Crippen molar-refractivity contribution in [1.29, 1.82) is 0 Å². The van der Waals surface area contributed by atoms with E-state index < -0.39 is 17.1 Å². The molecule has 0 radical (unpaired) electrons. The number of ether oxygens (including phenoxy) is 3. The van der Waals surface area contributed by atoms with Gasteiger partial charge in [0.15, 0.2) is 18.1 Å². The van der Waals surface area contributed by atoms with Crippen LogP contribution in [0.4, 0.5) is 5.69 Å². The zero-order chi connectivity index (χ0) is 21.6. The van der Waals surface area contributed by atoms with Crippen LogP contribution in [0.15, 0.2) is 47.4 Å². The lowest BCUT2D eigenvalue weighted by atomic mass is 10.1. The van der Waals surface area contributed by atoms with Crippen molar-refractivity contribution >= 4 is 35.2 Å². The Labute approximate surface area is 183 Å². The summed E-state index contributed by atoms with van der Waals surface area (Å²) in [6, 6.07) is 13.1. The highest BCUT2D eigenvalue weighted by atomic mass is 32.2. The van der Waals surface area contributed by atoms with E-state index in [-0.39, 0.29) is 18.9 Å². The number of carbonyl (C=O) groups excluding carboxylic acids is 3. The Balaban J connectivity index is 1.17. The van der Waals surface area contributed by atoms with Crippen LogP contribution in [0.5, 0.6) is 11.5 Å². The minimum atomic E-state index is -0.589. The number of anilines is 1. The van der Waals surface area contributed by atoms with Gasteiger partial charge >= 0.3 is 5.97 Å². The number of hydrogen-bond acceptors (Lipinski definition) is 7. The summed E-state index contributed by atoms with van der Waals surface area (Å²) in [5, 5.41) is 4.92. The minimum absolute atomic E-state index is 0.102. The molecule has 2 amide bonds. The first-order chi connectivity index (χ1) is 15.1. The predicted molar refractivity (Wildman–Crippen MR) is 114 cm³/mol. The Morgan fingerprint density at radius 2 is 1.94 bits per heavy atom. The Morgan fingerprint density at radius 1 is 1.13 bits per heavy atom. The molecule has 0 fully saturated rings. The Morgan fingerprint density at radius 3 is 2.81 bits per heavy atom. The van der Waals surface area contributed by atoms with Gasteiger partial charge in [0.25, 0.3) is 5.91 Å². The number of esters is 1. The molecule has 31 heavy (non-hydrogen) atoms. The van der Waals surface area contributed by atoms with E-state index in [2.05, 4.69) is 10.6 Å². The lowest BCUT2D eigenvalue weighted by Gasteiger charge is -2.23. The van der Waals surface area contributed by atoms with Crippen LogP contribution in [0.25, 0.3) is 0 Å². The van der Waals surface area contributed by atoms with E-state index in [1.54, 1.807) is 0 Å². The zero-order valence-corrected chi connectivity index (χ0v) is 17.5. The van der Waals surface area contributed by atoms with Crippen LogP contribution in [-0.2, 0) is 25.5 Å². The maximum Gasteiger partial charge on any atom is 0.307 e. The number of nitrogens with one attached hydrogen (secondary N) is 2. The minimum Gasteiger partial charge on any atom is -0.486 e. The third-order valence-electron chi connectivity index (χ3n) is 4.77. The van der Waals surface area contributed by atoms with Crippen LogP contribution < -0.4 is 20.1 Å². The molecule has 8 nitrogen and oxygen atoms in total. The molecule has 2 heterocycles. The van der Waals surface area contributed by atoms with Gasteiger partial charge in [0.1, 0.15) is 13.2 Å². The lowest BCUT2D eigenvalue weighted by Crippen LogP contribution is -2.33. The summed E-state index contributed by atoms with van der Waals surface area (Å²) in [5.74, 6) is 0.200. The molecule has 2 aliphatic rings. The predicted octanol–water partition coefficient (Wildman–Crippen LogP) is 2.16. The number of benzene rings is 2. The molecule has 0 aliphatic carbocycles. The van der Waals surface area contributed by atoms with Crippen molar-refractivity contribution in [3.63, 3.8) is 0 Å². The fourth-order valence-electron chi connectivity index (χ4n) is 3.22. The van der Waals surface area contributed by atoms with Gasteiger partial charge in [-0.2, -0.15) is 0 Å². The van der Waals surface area contributed by atoms with Gasteiger partial charge in [-0.3, -0.25) is 14.4 Å². The summed E-state index contributed by atoms with van der Waals surface area (Å²) < 4.78 is 16.1. The van der Waals surface area contributed by atoms with Crippen molar-refractivity contribution in [2.24, 2.45) is 0 Å². The van der Waals surface area contributed by atoms with E-state index in [0.717, 1.165) is 21.9 Å². The van der Waals surface area contributed by atoms with E-state index in [0.29, 0.717) is 31.9 Å². The molecule has 2 aliphatic heterocycles. The van der Waals surface area contributed by atoms with Crippen LogP contribution in [-0.4, -0.2) is 49.4 Å². The first-order valence-corrected chi connectivity index (χ1v) is 10.8. The van der Waals surface area contributed by atoms with Gasteiger partial charge in [0.05, 0.1) is 17.4 Å². The monoisotopic (exact) mass is 442 g/mol. The Bertz CT molecular complexity index is 996. The van der Waals surface area contributed by atoms with Crippen LogP contribution in [0.3, 0.4) is 0 Å². The largest absolute Gasteiger partial charge is 0.486 e. The van der Waals surface area contributed by atoms with Gasteiger partial charge in [-0.25, -0.2) is 0 Å². The van der Waals surface area contributed by atoms with Crippen molar-refractivity contribution < 1.29 is 28.6 Å². The van der Waals surface area contributed by atoms with Gasteiger partial charge in [-0.1, -0.05) is 18.2 Å².